The Morgan fingerprint density at radius 1 is 0.929 bits per heavy atom. The number of rotatable bonds is 14. The number of allylic oxidation sites excluding steroid dienone is 1. The van der Waals surface area contributed by atoms with Crippen LogP contribution in [0, 0.1) is 5.92 Å². The van der Waals surface area contributed by atoms with E-state index in [4.69, 9.17) is 18.3 Å². The zero-order valence-corrected chi connectivity index (χ0v) is 18.5. The molecular formula is C21H37O6P. The molecule has 6 nitrogen and oxygen atoms in total. The standard InChI is InChI=1S/C21H37O6P/c1-3-5-6-7-8-9-10-11-12-13-14-15-25-28(23)26-17-18-16-24-21(22)20(18)19(4-2)27-28/h18H,3-17H2,1-2H3/t18-,28+/m0/s1. The lowest BCUT2D eigenvalue weighted by molar-refractivity contribution is -0.135. The molecule has 2 atom stereocenters. The van der Waals surface area contributed by atoms with Gasteiger partial charge >= 0.3 is 13.8 Å². The quantitative estimate of drug-likeness (QED) is 0.188. The van der Waals surface area contributed by atoms with Crippen molar-refractivity contribution in [3.63, 3.8) is 0 Å². The first-order chi connectivity index (χ1) is 13.6. The zero-order valence-electron chi connectivity index (χ0n) is 17.6. The summed E-state index contributed by atoms with van der Waals surface area (Å²) >= 11 is 0. The number of hydrogen-bond acceptors (Lipinski definition) is 6. The lowest BCUT2D eigenvalue weighted by Gasteiger charge is -2.17. The minimum atomic E-state index is -3.66. The lowest BCUT2D eigenvalue weighted by Crippen LogP contribution is -2.10. The number of hydrogen-bond donors (Lipinski definition) is 0. The molecule has 28 heavy (non-hydrogen) atoms. The average Bonchev–Trinajstić information content (AvgIpc) is 2.98. The van der Waals surface area contributed by atoms with Crippen molar-refractivity contribution in [1.82, 2.24) is 0 Å². The molecule has 162 valence electrons. The van der Waals surface area contributed by atoms with Gasteiger partial charge in [0, 0.05) is 6.42 Å². The molecular weight excluding hydrogens is 379 g/mol. The SMILES string of the molecule is CCCCCCCCCCCCCO[P@]1(=O)OC[C@@H]2COC(=O)C2=C(CC)O1. The van der Waals surface area contributed by atoms with Crippen LogP contribution in [-0.4, -0.2) is 25.8 Å². The van der Waals surface area contributed by atoms with E-state index in [0.29, 0.717) is 24.4 Å². The molecule has 2 rings (SSSR count). The van der Waals surface area contributed by atoms with Gasteiger partial charge in [-0.05, 0) is 6.42 Å². The fraction of sp³-hybridized carbons (Fsp3) is 0.857. The summed E-state index contributed by atoms with van der Waals surface area (Å²) in [4.78, 5) is 11.9. The minimum Gasteiger partial charge on any atom is -0.461 e. The molecule has 0 aliphatic carbocycles. The normalized spacial score (nSPS) is 24.6. The topological polar surface area (TPSA) is 71.1 Å². The number of fused-ring (bicyclic) bond motifs is 1. The Morgan fingerprint density at radius 2 is 1.54 bits per heavy atom. The van der Waals surface area contributed by atoms with Crippen LogP contribution in [0.1, 0.15) is 90.9 Å². The van der Waals surface area contributed by atoms with Crippen LogP contribution >= 0.6 is 7.82 Å². The predicted molar refractivity (Wildman–Crippen MR) is 109 cm³/mol. The van der Waals surface area contributed by atoms with Crippen molar-refractivity contribution in [3.8, 4) is 0 Å². The van der Waals surface area contributed by atoms with E-state index in [0.717, 1.165) is 12.8 Å². The molecule has 0 unspecified atom stereocenters. The van der Waals surface area contributed by atoms with Crippen molar-refractivity contribution in [1.29, 1.82) is 0 Å². The summed E-state index contributed by atoms with van der Waals surface area (Å²) in [6, 6.07) is 0. The van der Waals surface area contributed by atoms with Crippen molar-refractivity contribution < 1.29 is 27.7 Å². The summed E-state index contributed by atoms with van der Waals surface area (Å²) in [6.07, 6.45) is 14.1. The van der Waals surface area contributed by atoms with Gasteiger partial charge in [-0.2, -0.15) is 0 Å². The van der Waals surface area contributed by atoms with E-state index in [1.165, 1.54) is 57.8 Å². The molecule has 0 aromatic carbocycles. The summed E-state index contributed by atoms with van der Waals surface area (Å²) in [5, 5.41) is 0. The van der Waals surface area contributed by atoms with Crippen molar-refractivity contribution in [2.45, 2.75) is 90.9 Å². The van der Waals surface area contributed by atoms with Crippen molar-refractivity contribution in [2.24, 2.45) is 5.92 Å². The fourth-order valence-electron chi connectivity index (χ4n) is 3.63. The van der Waals surface area contributed by atoms with Gasteiger partial charge in [0.15, 0.2) is 0 Å². The fourth-order valence-corrected chi connectivity index (χ4v) is 5.02. The molecule has 0 aromatic heterocycles. The van der Waals surface area contributed by atoms with E-state index in [9.17, 15) is 9.36 Å². The summed E-state index contributed by atoms with van der Waals surface area (Å²) in [6.45, 7) is 4.81. The number of esters is 1. The van der Waals surface area contributed by atoms with Crippen LogP contribution in [0.15, 0.2) is 11.3 Å². The monoisotopic (exact) mass is 416 g/mol. The van der Waals surface area contributed by atoms with Gasteiger partial charge in [-0.1, -0.05) is 78.1 Å². The minimum absolute atomic E-state index is 0.125. The average molecular weight is 416 g/mol. The van der Waals surface area contributed by atoms with E-state index in [-0.39, 0.29) is 19.1 Å². The van der Waals surface area contributed by atoms with Crippen molar-refractivity contribution >= 4 is 13.8 Å². The molecule has 0 amide bonds. The molecule has 7 heteroatoms. The highest BCUT2D eigenvalue weighted by molar-refractivity contribution is 7.48. The molecule has 0 bridgehead atoms. The van der Waals surface area contributed by atoms with Crippen molar-refractivity contribution in [2.75, 3.05) is 19.8 Å². The number of carbonyl (C=O) groups is 1. The number of phosphoric ester groups is 1. The smallest absolute Gasteiger partial charge is 0.461 e. The Morgan fingerprint density at radius 3 is 2.14 bits per heavy atom. The maximum Gasteiger partial charge on any atom is 0.529 e. The summed E-state index contributed by atoms with van der Waals surface area (Å²) in [5.74, 6) is -0.236. The number of unbranched alkanes of at least 4 members (excludes halogenated alkanes) is 10. The number of cyclic esters (lactones) is 1. The van der Waals surface area contributed by atoms with Gasteiger partial charge in [0.2, 0.25) is 0 Å². The molecule has 1 fully saturated rings. The van der Waals surface area contributed by atoms with Gasteiger partial charge in [-0.15, -0.1) is 0 Å². The molecule has 0 aromatic rings. The maximum absolute atomic E-state index is 12.8. The van der Waals surface area contributed by atoms with Gasteiger partial charge in [0.1, 0.15) is 12.4 Å². The second kappa shape index (κ2) is 12.7. The Bertz CT molecular complexity index is 559. The van der Waals surface area contributed by atoms with Crippen LogP contribution in [0.5, 0.6) is 0 Å². The van der Waals surface area contributed by atoms with Crippen LogP contribution in [-0.2, 0) is 27.7 Å². The highest BCUT2D eigenvalue weighted by Crippen LogP contribution is 2.55. The molecule has 0 N–H and O–H groups in total. The third-order valence-electron chi connectivity index (χ3n) is 5.32. The zero-order chi connectivity index (χ0) is 20.2. The van der Waals surface area contributed by atoms with E-state index >= 15 is 0 Å². The number of ether oxygens (including phenoxy) is 1. The van der Waals surface area contributed by atoms with Crippen LogP contribution in [0.4, 0.5) is 0 Å². The van der Waals surface area contributed by atoms with E-state index < -0.39 is 13.8 Å². The highest BCUT2D eigenvalue weighted by atomic mass is 31.2. The van der Waals surface area contributed by atoms with Crippen LogP contribution in [0.3, 0.4) is 0 Å². The van der Waals surface area contributed by atoms with Crippen LogP contribution in [0.25, 0.3) is 0 Å². The Balaban J connectivity index is 1.59. The third-order valence-corrected chi connectivity index (χ3v) is 6.73. The largest absolute Gasteiger partial charge is 0.529 e. The highest BCUT2D eigenvalue weighted by Gasteiger charge is 2.42. The van der Waals surface area contributed by atoms with E-state index in [1.807, 2.05) is 6.92 Å². The predicted octanol–water partition coefficient (Wildman–Crippen LogP) is 6.31. The van der Waals surface area contributed by atoms with Crippen LogP contribution < -0.4 is 0 Å². The van der Waals surface area contributed by atoms with Crippen molar-refractivity contribution in [3.05, 3.63) is 11.3 Å². The first-order valence-electron chi connectivity index (χ1n) is 11.1. The van der Waals surface area contributed by atoms with Crippen LogP contribution in [0.2, 0.25) is 0 Å². The second-order valence-corrected chi connectivity index (χ2v) is 9.28. The third kappa shape index (κ3) is 7.53. The molecule has 0 saturated carbocycles. The Kier molecular flexibility index (Phi) is 10.6. The summed E-state index contributed by atoms with van der Waals surface area (Å²) in [5.41, 5.74) is 0.457. The molecule has 2 heterocycles. The number of carbonyl (C=O) groups excluding carboxylic acids is 1. The van der Waals surface area contributed by atoms with Gasteiger partial charge in [0.25, 0.3) is 0 Å². The number of phosphoric acid groups is 1. The first kappa shape index (κ1) is 23.4. The second-order valence-electron chi connectivity index (χ2n) is 7.69. The summed E-state index contributed by atoms with van der Waals surface area (Å²) < 4.78 is 34.3. The first-order valence-corrected chi connectivity index (χ1v) is 12.5. The molecule has 1 saturated heterocycles. The van der Waals surface area contributed by atoms with E-state index in [1.54, 1.807) is 0 Å². The van der Waals surface area contributed by atoms with E-state index in [2.05, 4.69) is 6.92 Å². The molecule has 2 aliphatic heterocycles. The maximum atomic E-state index is 12.8. The van der Waals surface area contributed by atoms with Gasteiger partial charge in [-0.25, -0.2) is 9.36 Å². The van der Waals surface area contributed by atoms with Gasteiger partial charge < -0.3 is 9.26 Å². The Hall–Kier alpha value is -0.840. The van der Waals surface area contributed by atoms with Gasteiger partial charge in [-0.3, -0.25) is 9.05 Å². The molecule has 0 spiro atoms. The Labute approximate surface area is 170 Å². The lowest BCUT2D eigenvalue weighted by atomic mass is 10.0. The molecule has 0 radical (unpaired) electrons. The van der Waals surface area contributed by atoms with Gasteiger partial charge in [0.05, 0.1) is 24.7 Å². The summed E-state index contributed by atoms with van der Waals surface area (Å²) in [7, 11) is -3.66. The molecule has 2 aliphatic rings.